The molecule has 1 saturated heterocycles. The molecule has 0 aromatic heterocycles. The Morgan fingerprint density at radius 3 is 2.51 bits per heavy atom. The highest BCUT2D eigenvalue weighted by atomic mass is 16.5. The highest BCUT2D eigenvalue weighted by molar-refractivity contribution is 5.79. The normalized spacial score (nSPS) is 19.7. The third-order valence-corrected chi connectivity index (χ3v) is 6.56. The first kappa shape index (κ1) is 28.1. The molecule has 3 rings (SSSR count). The molecule has 1 aliphatic heterocycles. The fraction of sp³-hybridized carbons (Fsp3) is 0.536. The van der Waals surface area contributed by atoms with Gasteiger partial charge in [0.25, 0.3) is 0 Å². The lowest BCUT2D eigenvalue weighted by molar-refractivity contribution is -0.142. The van der Waals surface area contributed by atoms with Gasteiger partial charge in [0.15, 0.2) is 0 Å². The molecule has 0 spiro atoms. The Bertz CT molecular complexity index is 955. The van der Waals surface area contributed by atoms with E-state index in [9.17, 15) is 9.59 Å². The molecule has 0 radical (unpaired) electrons. The molecule has 1 fully saturated rings. The molecule has 190 valence electrons. The number of ether oxygens (including phenoxy) is 2. The monoisotopic (exact) mass is 481 g/mol. The minimum absolute atomic E-state index is 0.100. The highest BCUT2D eigenvalue weighted by Gasteiger charge is 2.25. The first-order chi connectivity index (χ1) is 16.9. The van der Waals surface area contributed by atoms with Crippen LogP contribution in [-0.2, 0) is 20.7 Å². The summed E-state index contributed by atoms with van der Waals surface area (Å²) in [6, 6.07) is 7.38. The molecule has 0 N–H and O–H groups in total. The maximum Gasteiger partial charge on any atom is 0.302 e. The summed E-state index contributed by atoms with van der Waals surface area (Å²) in [6.07, 6.45) is 7.65. The van der Waals surface area contributed by atoms with Crippen LogP contribution in [0.5, 0.6) is 5.75 Å². The second kappa shape index (κ2) is 14.3. The number of allylic oxidation sites excluding steroid dienone is 2. The average molecular weight is 482 g/mol. The van der Waals surface area contributed by atoms with E-state index in [4.69, 9.17) is 14.7 Å². The number of carbonyl (C=O) groups is 2. The minimum atomic E-state index is -0.238. The summed E-state index contributed by atoms with van der Waals surface area (Å²) in [5.41, 5.74) is 2.70. The number of esters is 1. The predicted molar refractivity (Wildman–Crippen MR) is 137 cm³/mol. The van der Waals surface area contributed by atoms with Crippen molar-refractivity contribution in [1.82, 2.24) is 9.80 Å². The molecular formula is C28H39N3O4. The summed E-state index contributed by atoms with van der Waals surface area (Å²) in [4.78, 5) is 28.2. The quantitative estimate of drug-likeness (QED) is 0.523. The zero-order chi connectivity index (χ0) is 25.8. The topological polar surface area (TPSA) is 82.9 Å². The highest BCUT2D eigenvalue weighted by Crippen LogP contribution is 2.29. The van der Waals surface area contributed by atoms with Crippen molar-refractivity contribution < 1.29 is 19.1 Å². The van der Waals surface area contributed by atoms with Gasteiger partial charge < -0.3 is 14.4 Å². The molecule has 2 unspecified atom stereocenters. The third-order valence-electron chi connectivity index (χ3n) is 6.56. The van der Waals surface area contributed by atoms with Crippen molar-refractivity contribution in [2.45, 2.75) is 40.5 Å². The molecule has 2 atom stereocenters. The fourth-order valence-electron chi connectivity index (χ4n) is 4.37. The molecule has 1 amide bonds. The molecule has 35 heavy (non-hydrogen) atoms. The van der Waals surface area contributed by atoms with E-state index in [0.717, 1.165) is 44.7 Å². The number of rotatable bonds is 8. The molecule has 1 aromatic rings. The molecular weight excluding hydrogens is 442 g/mol. The Labute approximate surface area is 210 Å². The fourth-order valence-corrected chi connectivity index (χ4v) is 4.37. The van der Waals surface area contributed by atoms with Crippen molar-refractivity contribution in [1.29, 1.82) is 5.26 Å². The number of nitrogens with zero attached hydrogens (tertiary/aromatic N) is 3. The van der Waals surface area contributed by atoms with Crippen LogP contribution in [0, 0.1) is 23.2 Å². The van der Waals surface area contributed by atoms with Crippen molar-refractivity contribution in [2.24, 2.45) is 11.8 Å². The van der Waals surface area contributed by atoms with Crippen molar-refractivity contribution in [3.63, 3.8) is 0 Å². The molecule has 0 bridgehead atoms. The van der Waals surface area contributed by atoms with Gasteiger partial charge in [-0.25, -0.2) is 0 Å². The first-order valence-electron chi connectivity index (χ1n) is 12.5. The molecule has 7 heteroatoms. The number of benzene rings is 1. The van der Waals surface area contributed by atoms with E-state index < -0.39 is 0 Å². The Balaban J connectivity index is 0.00000210. The number of amides is 1. The van der Waals surface area contributed by atoms with E-state index in [1.54, 1.807) is 12.1 Å². The van der Waals surface area contributed by atoms with Crippen LogP contribution in [0.1, 0.15) is 45.2 Å². The van der Waals surface area contributed by atoms with Crippen LogP contribution in [0.15, 0.2) is 42.0 Å². The average Bonchev–Trinajstić information content (AvgIpc) is 2.88. The van der Waals surface area contributed by atoms with E-state index in [2.05, 4.69) is 36.1 Å². The van der Waals surface area contributed by atoms with Gasteiger partial charge in [0.05, 0.1) is 25.7 Å². The maximum absolute atomic E-state index is 12.8. The zero-order valence-corrected chi connectivity index (χ0v) is 21.8. The molecule has 7 nitrogen and oxygen atoms in total. The van der Waals surface area contributed by atoms with Gasteiger partial charge in [-0.15, -0.1) is 0 Å². The molecule has 0 saturated carbocycles. The summed E-state index contributed by atoms with van der Waals surface area (Å²) >= 11 is 0. The Kier molecular flexibility index (Phi) is 11.5. The Morgan fingerprint density at radius 1 is 1.17 bits per heavy atom. The van der Waals surface area contributed by atoms with E-state index in [1.165, 1.54) is 19.6 Å². The van der Waals surface area contributed by atoms with Crippen LogP contribution >= 0.6 is 0 Å². The zero-order valence-electron chi connectivity index (χ0n) is 21.8. The van der Waals surface area contributed by atoms with Crippen molar-refractivity contribution in [3.8, 4) is 11.8 Å². The van der Waals surface area contributed by atoms with Gasteiger partial charge in [-0.05, 0) is 30.0 Å². The second-order valence-corrected chi connectivity index (χ2v) is 8.68. The standard InChI is InChI=1S/C26H33N3O4.C2H6/c1-19-22(5-4-6-24(19)18-33-20(2)30)9-10-28-11-13-29(14-12-28)26(31)16-21-7-8-23(17-27)25(15-21)32-3;1-2/h4-8,15,19,24H,9-14,16,18H2,1-3H3;1-2H3. The number of piperazine rings is 1. The molecule has 1 heterocycles. The van der Waals surface area contributed by atoms with Crippen LogP contribution in [0.2, 0.25) is 0 Å². The van der Waals surface area contributed by atoms with Gasteiger partial charge >= 0.3 is 5.97 Å². The SMILES string of the molecule is CC.COc1cc(CC(=O)N2CCN(CCC3=CC=CC(COC(C)=O)C3C)CC2)ccc1C#N. The Hall–Kier alpha value is -3.11. The summed E-state index contributed by atoms with van der Waals surface area (Å²) < 4.78 is 10.5. The number of nitriles is 1. The number of carbonyl (C=O) groups excluding carboxylic acids is 2. The Morgan fingerprint density at radius 2 is 1.89 bits per heavy atom. The number of hydrogen-bond acceptors (Lipinski definition) is 6. The lowest BCUT2D eigenvalue weighted by Crippen LogP contribution is -2.49. The van der Waals surface area contributed by atoms with Crippen LogP contribution < -0.4 is 4.74 Å². The van der Waals surface area contributed by atoms with E-state index in [1.807, 2.05) is 24.8 Å². The van der Waals surface area contributed by atoms with E-state index >= 15 is 0 Å². The van der Waals surface area contributed by atoms with E-state index in [-0.39, 0.29) is 17.8 Å². The lowest BCUT2D eigenvalue weighted by Gasteiger charge is -2.35. The van der Waals surface area contributed by atoms with Crippen molar-refractivity contribution in [3.05, 3.63) is 53.1 Å². The lowest BCUT2D eigenvalue weighted by atomic mass is 9.82. The number of methoxy groups -OCH3 is 1. The largest absolute Gasteiger partial charge is 0.495 e. The molecule has 2 aliphatic rings. The van der Waals surface area contributed by atoms with E-state index in [0.29, 0.717) is 30.3 Å². The van der Waals surface area contributed by atoms with Gasteiger partial charge in [0.2, 0.25) is 5.91 Å². The second-order valence-electron chi connectivity index (χ2n) is 8.68. The van der Waals surface area contributed by atoms with Gasteiger partial charge in [0, 0.05) is 45.6 Å². The smallest absolute Gasteiger partial charge is 0.302 e. The third kappa shape index (κ3) is 8.25. The predicted octanol–water partition coefficient (Wildman–Crippen LogP) is 3.98. The molecule has 1 aliphatic carbocycles. The maximum atomic E-state index is 12.8. The summed E-state index contributed by atoms with van der Waals surface area (Å²) in [7, 11) is 1.53. The summed E-state index contributed by atoms with van der Waals surface area (Å²) in [5, 5.41) is 9.11. The van der Waals surface area contributed by atoms with Crippen molar-refractivity contribution in [2.75, 3.05) is 46.4 Å². The van der Waals surface area contributed by atoms with Crippen molar-refractivity contribution >= 4 is 11.9 Å². The summed E-state index contributed by atoms with van der Waals surface area (Å²) in [6.45, 7) is 12.2. The van der Waals surface area contributed by atoms with Crippen LogP contribution in [0.3, 0.4) is 0 Å². The minimum Gasteiger partial charge on any atom is -0.495 e. The molecule has 1 aromatic carbocycles. The van der Waals surface area contributed by atoms with Crippen LogP contribution in [-0.4, -0.2) is 68.1 Å². The van der Waals surface area contributed by atoms with Crippen LogP contribution in [0.25, 0.3) is 0 Å². The van der Waals surface area contributed by atoms with Crippen LogP contribution in [0.4, 0.5) is 0 Å². The number of hydrogen-bond donors (Lipinski definition) is 0. The van der Waals surface area contributed by atoms with Gasteiger partial charge in [-0.1, -0.05) is 50.6 Å². The summed E-state index contributed by atoms with van der Waals surface area (Å²) in [5.74, 6) is 0.940. The van der Waals surface area contributed by atoms with Gasteiger partial charge in [-0.3, -0.25) is 14.5 Å². The van der Waals surface area contributed by atoms with Gasteiger partial charge in [0.1, 0.15) is 11.8 Å². The first-order valence-corrected chi connectivity index (χ1v) is 12.5. The van der Waals surface area contributed by atoms with Gasteiger partial charge in [-0.2, -0.15) is 5.26 Å².